The van der Waals surface area contributed by atoms with Gasteiger partial charge in [0.25, 0.3) is 5.89 Å². The van der Waals surface area contributed by atoms with Crippen LogP contribution in [0.3, 0.4) is 0 Å². The number of halogens is 1. The van der Waals surface area contributed by atoms with Gasteiger partial charge < -0.3 is 10.3 Å². The van der Waals surface area contributed by atoms with Crippen LogP contribution in [0.4, 0.5) is 5.69 Å². The molecule has 0 radical (unpaired) electrons. The Labute approximate surface area is 131 Å². The van der Waals surface area contributed by atoms with Crippen LogP contribution in [0.5, 0.6) is 0 Å². The van der Waals surface area contributed by atoms with E-state index in [1.54, 1.807) is 17.8 Å². The van der Waals surface area contributed by atoms with E-state index in [0.29, 0.717) is 22.5 Å². The van der Waals surface area contributed by atoms with Gasteiger partial charge in [0.15, 0.2) is 5.82 Å². The lowest BCUT2D eigenvalue weighted by Crippen LogP contribution is -1.86. The molecule has 1 aromatic heterocycles. The number of aromatic nitrogens is 2. The molecule has 0 amide bonds. The first kappa shape index (κ1) is 14.0. The van der Waals surface area contributed by atoms with Crippen molar-refractivity contribution in [3.8, 4) is 11.5 Å². The van der Waals surface area contributed by atoms with Crippen molar-refractivity contribution in [2.75, 3.05) is 5.73 Å². The van der Waals surface area contributed by atoms with Gasteiger partial charge in [-0.05, 0) is 30.3 Å². The fourth-order valence-electron chi connectivity index (χ4n) is 1.81. The number of nitrogens with two attached hydrogens (primary N) is 1. The summed E-state index contributed by atoms with van der Waals surface area (Å²) >= 11 is 7.71. The van der Waals surface area contributed by atoms with Crippen molar-refractivity contribution in [2.45, 2.75) is 10.6 Å². The van der Waals surface area contributed by atoms with E-state index in [-0.39, 0.29) is 0 Å². The van der Waals surface area contributed by atoms with Crippen molar-refractivity contribution >= 4 is 29.1 Å². The number of nitrogens with zero attached hydrogens (tertiary/aromatic N) is 2. The Bertz CT molecular complexity index is 760. The molecule has 106 valence electrons. The number of nitrogen functional groups attached to an aromatic ring is 1. The molecule has 0 aliphatic carbocycles. The van der Waals surface area contributed by atoms with Crippen molar-refractivity contribution in [1.82, 2.24) is 10.1 Å². The molecule has 3 aromatic rings. The summed E-state index contributed by atoms with van der Waals surface area (Å²) in [6.45, 7) is 0. The van der Waals surface area contributed by atoms with E-state index in [1.807, 2.05) is 42.5 Å². The molecule has 2 aromatic carbocycles. The molecular weight excluding hydrogens is 306 g/mol. The summed E-state index contributed by atoms with van der Waals surface area (Å²) in [4.78, 5) is 5.43. The summed E-state index contributed by atoms with van der Waals surface area (Å²) in [6.07, 6.45) is 0. The molecule has 0 fully saturated rings. The Kier molecular flexibility index (Phi) is 4.13. The molecule has 0 aliphatic rings. The first-order chi connectivity index (χ1) is 10.2. The van der Waals surface area contributed by atoms with Gasteiger partial charge >= 0.3 is 0 Å². The van der Waals surface area contributed by atoms with Crippen LogP contribution in [0.25, 0.3) is 11.5 Å². The molecule has 21 heavy (non-hydrogen) atoms. The predicted octanol–water partition coefficient (Wildman–Crippen LogP) is 4.26. The molecule has 2 N–H and O–H groups in total. The van der Waals surface area contributed by atoms with E-state index in [2.05, 4.69) is 10.1 Å². The maximum Gasteiger partial charge on any atom is 0.259 e. The Hall–Kier alpha value is -1.98. The highest BCUT2D eigenvalue weighted by atomic mass is 35.5. The number of benzene rings is 2. The Morgan fingerprint density at radius 1 is 1.14 bits per heavy atom. The quantitative estimate of drug-likeness (QED) is 0.575. The van der Waals surface area contributed by atoms with Crippen LogP contribution in [0.15, 0.2) is 57.9 Å². The van der Waals surface area contributed by atoms with Gasteiger partial charge in [-0.25, -0.2) is 0 Å². The van der Waals surface area contributed by atoms with Crippen molar-refractivity contribution in [3.05, 3.63) is 59.4 Å². The Morgan fingerprint density at radius 2 is 2.00 bits per heavy atom. The van der Waals surface area contributed by atoms with Crippen LogP contribution in [0.2, 0.25) is 5.02 Å². The van der Waals surface area contributed by atoms with Gasteiger partial charge in [0, 0.05) is 10.6 Å². The van der Waals surface area contributed by atoms with E-state index in [1.165, 1.54) is 0 Å². The zero-order valence-electron chi connectivity index (χ0n) is 11.0. The minimum absolute atomic E-state index is 0.434. The average molecular weight is 318 g/mol. The van der Waals surface area contributed by atoms with Crippen LogP contribution in [-0.2, 0) is 5.75 Å². The monoisotopic (exact) mass is 317 g/mol. The second kappa shape index (κ2) is 6.20. The van der Waals surface area contributed by atoms with Crippen molar-refractivity contribution < 1.29 is 4.52 Å². The normalized spacial score (nSPS) is 10.7. The summed E-state index contributed by atoms with van der Waals surface area (Å²) in [5, 5.41) is 4.57. The third kappa shape index (κ3) is 3.37. The third-order valence-corrected chi connectivity index (χ3v) is 4.12. The molecule has 0 spiro atoms. The van der Waals surface area contributed by atoms with Crippen LogP contribution in [0, 0.1) is 0 Å². The lowest BCUT2D eigenvalue weighted by atomic mass is 10.2. The highest BCUT2D eigenvalue weighted by Gasteiger charge is 2.11. The maximum absolute atomic E-state index is 6.11. The molecule has 0 unspecified atom stereocenters. The molecule has 0 atom stereocenters. The summed E-state index contributed by atoms with van der Waals surface area (Å²) < 4.78 is 5.26. The third-order valence-electron chi connectivity index (χ3n) is 2.80. The van der Waals surface area contributed by atoms with Crippen molar-refractivity contribution in [1.29, 1.82) is 0 Å². The minimum atomic E-state index is 0.434. The van der Waals surface area contributed by atoms with Crippen molar-refractivity contribution in [3.63, 3.8) is 0 Å². The standard InChI is InChI=1S/C15H12ClN3OS/c16-13-7-2-1-6-12(13)15-18-14(19-20-15)9-21-11-5-3-4-10(17)8-11/h1-8H,9,17H2. The van der Waals surface area contributed by atoms with Gasteiger partial charge in [0.1, 0.15) is 0 Å². The Balaban J connectivity index is 1.72. The summed E-state index contributed by atoms with van der Waals surface area (Å²) in [5.41, 5.74) is 7.23. The molecule has 0 saturated carbocycles. The molecule has 0 saturated heterocycles. The summed E-state index contributed by atoms with van der Waals surface area (Å²) in [5.74, 6) is 1.67. The maximum atomic E-state index is 6.11. The smallest absolute Gasteiger partial charge is 0.259 e. The van der Waals surface area contributed by atoms with Gasteiger partial charge in [-0.1, -0.05) is 35.0 Å². The van der Waals surface area contributed by atoms with E-state index in [4.69, 9.17) is 21.9 Å². The highest BCUT2D eigenvalue weighted by Crippen LogP contribution is 2.28. The van der Waals surface area contributed by atoms with Crippen LogP contribution in [-0.4, -0.2) is 10.1 Å². The van der Waals surface area contributed by atoms with Crippen LogP contribution in [0.1, 0.15) is 5.82 Å². The lowest BCUT2D eigenvalue weighted by Gasteiger charge is -1.99. The van der Waals surface area contributed by atoms with Crippen molar-refractivity contribution in [2.24, 2.45) is 0 Å². The second-order valence-corrected chi connectivity index (χ2v) is 5.81. The molecule has 0 aliphatic heterocycles. The summed E-state index contributed by atoms with van der Waals surface area (Å²) in [7, 11) is 0. The zero-order chi connectivity index (χ0) is 14.7. The average Bonchev–Trinajstić information content (AvgIpc) is 2.94. The second-order valence-electron chi connectivity index (χ2n) is 4.36. The molecule has 4 nitrogen and oxygen atoms in total. The fraction of sp³-hybridized carbons (Fsp3) is 0.0667. The number of rotatable bonds is 4. The summed E-state index contributed by atoms with van der Waals surface area (Å²) in [6, 6.07) is 15.1. The van der Waals surface area contributed by atoms with Gasteiger partial charge in [-0.15, -0.1) is 11.8 Å². The largest absolute Gasteiger partial charge is 0.399 e. The van der Waals surface area contributed by atoms with Gasteiger partial charge in [0.05, 0.1) is 16.3 Å². The van der Waals surface area contributed by atoms with E-state index in [9.17, 15) is 0 Å². The molecule has 3 rings (SSSR count). The zero-order valence-corrected chi connectivity index (χ0v) is 12.6. The first-order valence-electron chi connectivity index (χ1n) is 6.28. The molecule has 0 bridgehead atoms. The number of anilines is 1. The first-order valence-corrected chi connectivity index (χ1v) is 7.64. The van der Waals surface area contributed by atoms with E-state index >= 15 is 0 Å². The number of thioether (sulfide) groups is 1. The SMILES string of the molecule is Nc1cccc(SCc2noc(-c3ccccc3Cl)n2)c1. The van der Waals surface area contributed by atoms with Gasteiger partial charge in [0.2, 0.25) is 0 Å². The molecule has 1 heterocycles. The van der Waals surface area contributed by atoms with Crippen LogP contribution >= 0.6 is 23.4 Å². The molecule has 6 heteroatoms. The van der Waals surface area contributed by atoms with Gasteiger partial charge in [-0.3, -0.25) is 0 Å². The Morgan fingerprint density at radius 3 is 2.81 bits per heavy atom. The number of hydrogen-bond donors (Lipinski definition) is 1. The number of hydrogen-bond acceptors (Lipinski definition) is 5. The predicted molar refractivity (Wildman–Crippen MR) is 85.2 cm³/mol. The fourth-order valence-corrected chi connectivity index (χ4v) is 2.83. The van der Waals surface area contributed by atoms with Gasteiger partial charge in [-0.2, -0.15) is 4.98 Å². The minimum Gasteiger partial charge on any atom is -0.399 e. The topological polar surface area (TPSA) is 64.9 Å². The van der Waals surface area contributed by atoms with E-state index < -0.39 is 0 Å². The van der Waals surface area contributed by atoms with E-state index in [0.717, 1.165) is 16.1 Å². The highest BCUT2D eigenvalue weighted by molar-refractivity contribution is 7.98. The van der Waals surface area contributed by atoms with Crippen LogP contribution < -0.4 is 5.73 Å². The lowest BCUT2D eigenvalue weighted by molar-refractivity contribution is 0.425. The molecular formula is C15H12ClN3OS.